The van der Waals surface area contributed by atoms with Gasteiger partial charge in [0.05, 0.1) is 6.10 Å². The van der Waals surface area contributed by atoms with Gasteiger partial charge in [-0.1, -0.05) is 52.3 Å². The lowest BCUT2D eigenvalue weighted by Gasteiger charge is -2.27. The maximum Gasteiger partial charge on any atom is 0.136 e. The van der Waals surface area contributed by atoms with Crippen molar-refractivity contribution in [3.05, 3.63) is 69.7 Å². The molecule has 1 unspecified atom stereocenters. The molecule has 0 bridgehead atoms. The average Bonchev–Trinajstić information content (AvgIpc) is 2.62. The highest BCUT2D eigenvalue weighted by Gasteiger charge is 2.28. The molecule has 1 aliphatic rings. The van der Waals surface area contributed by atoms with Gasteiger partial charge in [-0.3, -0.25) is 4.79 Å². The van der Waals surface area contributed by atoms with E-state index < -0.39 is 0 Å². The summed E-state index contributed by atoms with van der Waals surface area (Å²) in [5, 5.41) is 9.69. The van der Waals surface area contributed by atoms with E-state index in [0.717, 1.165) is 30.2 Å². The Morgan fingerprint density at radius 3 is 2.36 bits per heavy atom. The average molecular weight is 401 g/mol. The van der Waals surface area contributed by atoms with E-state index in [1.165, 1.54) is 16.7 Å². The van der Waals surface area contributed by atoms with E-state index >= 15 is 0 Å². The molecule has 0 amide bonds. The molecule has 25 heavy (non-hydrogen) atoms. The molecular formula is C22H25BrO2. The van der Waals surface area contributed by atoms with Crippen molar-refractivity contribution in [1.82, 2.24) is 0 Å². The molecule has 1 atom stereocenters. The molecule has 0 spiro atoms. The minimum atomic E-state index is -0.220. The highest BCUT2D eigenvalue weighted by Crippen LogP contribution is 2.34. The molecule has 0 saturated heterocycles. The van der Waals surface area contributed by atoms with Gasteiger partial charge in [-0.15, -0.1) is 0 Å². The van der Waals surface area contributed by atoms with Gasteiger partial charge >= 0.3 is 0 Å². The van der Waals surface area contributed by atoms with E-state index in [0.29, 0.717) is 12.2 Å². The Balaban J connectivity index is 1.85. The lowest BCUT2D eigenvalue weighted by molar-refractivity contribution is -0.124. The normalized spacial score (nSPS) is 21.7. The van der Waals surface area contributed by atoms with Crippen LogP contribution in [0.1, 0.15) is 54.7 Å². The molecule has 3 rings (SSSR count). The van der Waals surface area contributed by atoms with Crippen LogP contribution in [0.5, 0.6) is 0 Å². The number of carbonyl (C=O) groups is 1. The fourth-order valence-corrected chi connectivity index (χ4v) is 4.11. The van der Waals surface area contributed by atoms with Gasteiger partial charge in [-0.05, 0) is 61.4 Å². The smallest absolute Gasteiger partial charge is 0.136 e. The highest BCUT2D eigenvalue weighted by atomic mass is 79.9. The van der Waals surface area contributed by atoms with Crippen molar-refractivity contribution in [2.75, 3.05) is 0 Å². The Morgan fingerprint density at radius 1 is 1.08 bits per heavy atom. The first kappa shape index (κ1) is 18.3. The summed E-state index contributed by atoms with van der Waals surface area (Å²) >= 11 is 3.49. The van der Waals surface area contributed by atoms with Gasteiger partial charge in [0, 0.05) is 22.7 Å². The lowest BCUT2D eigenvalue weighted by atomic mass is 9.78. The predicted molar refractivity (Wildman–Crippen MR) is 105 cm³/mol. The van der Waals surface area contributed by atoms with Gasteiger partial charge in [0.2, 0.25) is 0 Å². The van der Waals surface area contributed by atoms with Crippen molar-refractivity contribution < 1.29 is 9.90 Å². The van der Waals surface area contributed by atoms with E-state index in [2.05, 4.69) is 53.2 Å². The topological polar surface area (TPSA) is 37.3 Å². The van der Waals surface area contributed by atoms with Crippen LogP contribution in [0.3, 0.4) is 0 Å². The van der Waals surface area contributed by atoms with Crippen molar-refractivity contribution >= 4 is 21.7 Å². The molecule has 1 aliphatic carbocycles. The second-order valence-corrected chi connectivity index (χ2v) is 8.05. The lowest BCUT2D eigenvalue weighted by Crippen LogP contribution is -2.25. The molecule has 0 aromatic heterocycles. The molecule has 0 aliphatic heterocycles. The number of hydrogen-bond acceptors (Lipinski definition) is 2. The summed E-state index contributed by atoms with van der Waals surface area (Å²) < 4.78 is 1.05. The summed E-state index contributed by atoms with van der Waals surface area (Å²) in [7, 11) is 0. The number of hydrogen-bond donors (Lipinski definition) is 1. The Labute approximate surface area is 158 Å². The first-order valence-electron chi connectivity index (χ1n) is 9.06. The van der Waals surface area contributed by atoms with E-state index in [4.69, 9.17) is 0 Å². The molecule has 1 N–H and O–H groups in total. The molecule has 3 heteroatoms. The maximum atomic E-state index is 12.9. The van der Waals surface area contributed by atoms with E-state index in [1.807, 2.05) is 18.2 Å². The van der Waals surface area contributed by atoms with Crippen LogP contribution in [0.15, 0.2) is 53.0 Å². The minimum Gasteiger partial charge on any atom is -0.393 e. The molecule has 0 heterocycles. The second-order valence-electron chi connectivity index (χ2n) is 7.14. The van der Waals surface area contributed by atoms with E-state index in [1.54, 1.807) is 0 Å². The third kappa shape index (κ3) is 4.59. The quantitative estimate of drug-likeness (QED) is 0.729. The molecule has 2 nitrogen and oxygen atoms in total. The fraction of sp³-hybridized carbons (Fsp3) is 0.409. The summed E-state index contributed by atoms with van der Waals surface area (Å²) in [5.74, 6) is 0.530. The second kappa shape index (κ2) is 8.29. The maximum absolute atomic E-state index is 12.9. The van der Waals surface area contributed by atoms with Crippen LogP contribution in [0, 0.1) is 12.8 Å². The molecule has 2 aromatic carbocycles. The van der Waals surface area contributed by atoms with Gasteiger partial charge in [0.15, 0.2) is 0 Å². The standard InChI is InChI=1S/C22H25BrO2/c1-15-4-2-3-5-20(15)21(16-6-10-18(23)11-7-16)14-22(25)17-8-12-19(24)13-9-17/h2-7,10-11,17,19,21,24H,8-9,12-14H2,1H3. The van der Waals surface area contributed by atoms with Crippen molar-refractivity contribution in [3.63, 3.8) is 0 Å². The zero-order chi connectivity index (χ0) is 17.8. The van der Waals surface area contributed by atoms with Crippen LogP contribution in [0.25, 0.3) is 0 Å². The van der Waals surface area contributed by atoms with Gasteiger partial charge in [0.25, 0.3) is 0 Å². The summed E-state index contributed by atoms with van der Waals surface area (Å²) in [6.45, 7) is 2.11. The summed E-state index contributed by atoms with van der Waals surface area (Å²) in [5.41, 5.74) is 3.64. The summed E-state index contributed by atoms with van der Waals surface area (Å²) in [6.07, 6.45) is 3.46. The zero-order valence-electron chi connectivity index (χ0n) is 14.6. The molecule has 0 radical (unpaired) electrons. The van der Waals surface area contributed by atoms with E-state index in [9.17, 15) is 9.90 Å². The van der Waals surface area contributed by atoms with Gasteiger partial charge in [0.1, 0.15) is 5.78 Å². The molecular weight excluding hydrogens is 376 g/mol. The number of carbonyl (C=O) groups excluding carboxylic acids is 1. The van der Waals surface area contributed by atoms with Crippen LogP contribution in [-0.2, 0) is 4.79 Å². The third-order valence-electron chi connectivity index (χ3n) is 5.39. The monoisotopic (exact) mass is 400 g/mol. The summed E-state index contributed by atoms with van der Waals surface area (Å²) in [6, 6.07) is 16.7. The zero-order valence-corrected chi connectivity index (χ0v) is 16.2. The number of rotatable bonds is 5. The Kier molecular flexibility index (Phi) is 6.08. The number of benzene rings is 2. The number of aliphatic hydroxyl groups excluding tert-OH is 1. The van der Waals surface area contributed by atoms with Crippen LogP contribution in [0.2, 0.25) is 0 Å². The number of halogens is 1. The van der Waals surface area contributed by atoms with Crippen molar-refractivity contribution in [1.29, 1.82) is 0 Å². The molecule has 1 saturated carbocycles. The molecule has 132 valence electrons. The minimum absolute atomic E-state index is 0.0913. The highest BCUT2D eigenvalue weighted by molar-refractivity contribution is 9.10. The number of aliphatic hydroxyl groups is 1. The van der Waals surface area contributed by atoms with Crippen molar-refractivity contribution in [2.45, 2.75) is 51.0 Å². The summed E-state index contributed by atoms with van der Waals surface area (Å²) in [4.78, 5) is 12.9. The first-order valence-corrected chi connectivity index (χ1v) is 9.85. The third-order valence-corrected chi connectivity index (χ3v) is 5.92. The Bertz CT molecular complexity index is 715. The fourth-order valence-electron chi connectivity index (χ4n) is 3.85. The van der Waals surface area contributed by atoms with Crippen LogP contribution in [0.4, 0.5) is 0 Å². The number of aryl methyl sites for hydroxylation is 1. The number of ketones is 1. The van der Waals surface area contributed by atoms with Gasteiger partial charge in [-0.25, -0.2) is 0 Å². The van der Waals surface area contributed by atoms with Crippen LogP contribution >= 0.6 is 15.9 Å². The Hall–Kier alpha value is -1.45. The van der Waals surface area contributed by atoms with E-state index in [-0.39, 0.29) is 17.9 Å². The van der Waals surface area contributed by atoms with Crippen molar-refractivity contribution in [3.8, 4) is 0 Å². The van der Waals surface area contributed by atoms with Crippen LogP contribution < -0.4 is 0 Å². The van der Waals surface area contributed by atoms with Crippen molar-refractivity contribution in [2.24, 2.45) is 5.92 Å². The van der Waals surface area contributed by atoms with Gasteiger partial charge in [-0.2, -0.15) is 0 Å². The number of Topliss-reactive ketones (excluding diaryl/α,β-unsaturated/α-hetero) is 1. The SMILES string of the molecule is Cc1ccccc1C(CC(=O)C1CCC(O)CC1)c1ccc(Br)cc1. The molecule has 1 fully saturated rings. The largest absolute Gasteiger partial charge is 0.393 e. The van der Waals surface area contributed by atoms with Crippen LogP contribution in [-0.4, -0.2) is 17.0 Å². The Morgan fingerprint density at radius 2 is 1.72 bits per heavy atom. The first-order chi connectivity index (χ1) is 12.0. The van der Waals surface area contributed by atoms with Gasteiger partial charge < -0.3 is 5.11 Å². The molecule has 2 aromatic rings. The predicted octanol–water partition coefficient (Wildman–Crippen LogP) is 5.40.